The third kappa shape index (κ3) is 3.19. The van der Waals surface area contributed by atoms with Crippen LogP contribution >= 0.6 is 0 Å². The maximum atomic E-state index is 11.6. The smallest absolute Gasteiger partial charge is 0.407 e. The summed E-state index contributed by atoms with van der Waals surface area (Å²) < 4.78 is 77.3. The van der Waals surface area contributed by atoms with Crippen LogP contribution in [0.25, 0.3) is 10.9 Å². The topological polar surface area (TPSA) is 57.4 Å². The molecule has 0 spiro atoms. The number of H-pyrrole nitrogens is 1. The zero-order valence-electron chi connectivity index (χ0n) is 20.7. The SMILES string of the molecule is [2H]c1c(CC([2H])([2H])N(C)C)c2cc(C([2H])([2H])[C@@H]3N([2H])C(=O)OC3([2H])[2H])ccc2n1[2H]. The Kier molecular flexibility index (Phi) is 1.88. The van der Waals surface area contributed by atoms with Gasteiger partial charge in [0.2, 0.25) is 0 Å². The van der Waals surface area contributed by atoms with Gasteiger partial charge in [-0.05, 0) is 50.1 Å². The van der Waals surface area contributed by atoms with Crippen LogP contribution in [0.3, 0.4) is 0 Å². The number of alkyl carbamates (subject to hydrolysis) is 1. The molecule has 21 heavy (non-hydrogen) atoms. The summed E-state index contributed by atoms with van der Waals surface area (Å²) in [6.45, 7) is -4.58. The number of rotatable bonds is 5. The average molecular weight is 296 g/mol. The fourth-order valence-corrected chi connectivity index (χ4v) is 2.01. The third-order valence-corrected chi connectivity index (χ3v) is 3.00. The van der Waals surface area contributed by atoms with Crippen LogP contribution in [0, 0.1) is 0 Å². The molecule has 2 aromatic rings. The number of ether oxygens (including phenoxy) is 1. The van der Waals surface area contributed by atoms with E-state index in [1.807, 2.05) is 0 Å². The zero-order valence-corrected chi connectivity index (χ0v) is 11.7. The molecule has 1 saturated heterocycles. The number of carbonyl (C=O) groups is 1. The van der Waals surface area contributed by atoms with Crippen molar-refractivity contribution in [2.24, 2.45) is 0 Å². The maximum absolute atomic E-state index is 11.6. The molecule has 0 unspecified atom stereocenters. The molecule has 5 heteroatoms. The molecule has 1 atom stereocenters. The van der Waals surface area contributed by atoms with Crippen molar-refractivity contribution < 1.29 is 22.0 Å². The van der Waals surface area contributed by atoms with Crippen LogP contribution in [0.15, 0.2) is 24.4 Å². The van der Waals surface area contributed by atoms with Crippen molar-refractivity contribution in [3.63, 3.8) is 0 Å². The normalized spacial score (nSPS) is 28.7. The highest BCUT2D eigenvalue weighted by atomic mass is 16.6. The van der Waals surface area contributed by atoms with Crippen molar-refractivity contribution >= 4 is 17.0 Å². The molecule has 0 bridgehead atoms. The van der Waals surface area contributed by atoms with Crippen LogP contribution in [0.4, 0.5) is 4.79 Å². The summed E-state index contributed by atoms with van der Waals surface area (Å²) in [5.74, 6) is 0. The summed E-state index contributed by atoms with van der Waals surface area (Å²) in [6, 6.07) is 2.10. The molecule has 0 aliphatic carbocycles. The fraction of sp³-hybridized carbons (Fsp3) is 0.438. The number of nitrogens with one attached hydrogen (secondary N) is 2. The minimum atomic E-state index is -2.75. The number of aromatic nitrogens is 1. The summed E-state index contributed by atoms with van der Waals surface area (Å²) in [5, 5.41) is 0.394. The first-order chi connectivity index (χ1) is 13.6. The van der Waals surface area contributed by atoms with Crippen molar-refractivity contribution in [3.8, 4) is 0 Å². The molecular weight excluding hydrogens is 266 g/mol. The number of aromatic amines is 1. The van der Waals surface area contributed by atoms with Gasteiger partial charge in [0, 0.05) is 29.1 Å². The van der Waals surface area contributed by atoms with Gasteiger partial charge in [-0.3, -0.25) is 0 Å². The van der Waals surface area contributed by atoms with Crippen molar-refractivity contribution in [2.45, 2.75) is 18.8 Å². The largest absolute Gasteiger partial charge is 0.447 e. The van der Waals surface area contributed by atoms with E-state index in [0.717, 1.165) is 4.98 Å². The van der Waals surface area contributed by atoms with Crippen molar-refractivity contribution in [2.75, 3.05) is 27.2 Å². The molecule has 1 amide bonds. The van der Waals surface area contributed by atoms with Gasteiger partial charge in [0.1, 0.15) is 6.56 Å². The first kappa shape index (κ1) is 6.83. The summed E-state index contributed by atoms with van der Waals surface area (Å²) in [4.78, 5) is 13.8. The maximum Gasteiger partial charge on any atom is 0.407 e. The minimum absolute atomic E-state index is 0.0864. The van der Waals surface area contributed by atoms with Crippen molar-refractivity contribution in [3.05, 3.63) is 35.5 Å². The minimum Gasteiger partial charge on any atom is -0.447 e. The van der Waals surface area contributed by atoms with Gasteiger partial charge >= 0.3 is 6.09 Å². The first-order valence-corrected chi connectivity index (χ1v) is 6.43. The highest BCUT2D eigenvalue weighted by Gasteiger charge is 2.22. The predicted molar refractivity (Wildman–Crippen MR) is 82.5 cm³/mol. The van der Waals surface area contributed by atoms with Gasteiger partial charge < -0.3 is 19.9 Å². The van der Waals surface area contributed by atoms with Crippen LogP contribution in [0.2, 0.25) is 2.82 Å². The zero-order chi connectivity index (χ0) is 22.8. The van der Waals surface area contributed by atoms with Gasteiger partial charge in [-0.15, -0.1) is 0 Å². The van der Waals surface area contributed by atoms with Gasteiger partial charge in [0.05, 0.1) is 10.2 Å². The van der Waals surface area contributed by atoms with Crippen molar-refractivity contribution in [1.82, 2.24) is 15.2 Å². The number of amides is 1. The average Bonchev–Trinajstić information content (AvgIpc) is 2.98. The Morgan fingerprint density at radius 1 is 1.62 bits per heavy atom. The Labute approximate surface area is 137 Å². The van der Waals surface area contributed by atoms with E-state index < -0.39 is 31.6 Å². The van der Waals surface area contributed by atoms with E-state index in [1.54, 1.807) is 0 Å². The molecular formula is C16H21N3O2. The summed E-state index contributed by atoms with van der Waals surface area (Å²) in [5.41, 5.74) is 0.367. The molecule has 2 N–H and O–H groups in total. The first-order valence-electron chi connectivity index (χ1n) is 10.8. The van der Waals surface area contributed by atoms with Crippen LogP contribution in [-0.2, 0) is 17.5 Å². The second kappa shape index (κ2) is 5.77. The lowest BCUT2D eigenvalue weighted by Gasteiger charge is -2.09. The predicted octanol–water partition coefficient (Wildman–Crippen LogP) is 1.92. The van der Waals surface area contributed by atoms with Crippen molar-refractivity contribution in [1.29, 1.82) is 0 Å². The molecule has 1 aromatic heterocycles. The highest BCUT2D eigenvalue weighted by molar-refractivity contribution is 5.84. The molecule has 2 heterocycles. The summed E-state index contributed by atoms with van der Waals surface area (Å²) in [7, 11) is 3.07. The molecule has 1 aliphatic rings. The summed E-state index contributed by atoms with van der Waals surface area (Å²) in [6.07, 6.45) is -4.33. The lowest BCUT2D eigenvalue weighted by atomic mass is 10.0. The van der Waals surface area contributed by atoms with E-state index in [4.69, 9.17) is 12.4 Å². The van der Waals surface area contributed by atoms with Crippen LogP contribution in [-0.4, -0.2) is 49.2 Å². The molecule has 1 fully saturated rings. The molecule has 112 valence electrons. The number of hydrogen-bond acceptors (Lipinski definition) is 3. The number of carbonyl (C=O) groups excluding carboxylic acids is 1. The second-order valence-electron chi connectivity index (χ2n) is 4.83. The van der Waals surface area contributed by atoms with Gasteiger partial charge in [-0.1, -0.05) is 6.07 Å². The molecule has 3 rings (SSSR count). The quantitative estimate of drug-likeness (QED) is 0.886. The Morgan fingerprint density at radius 2 is 2.48 bits per heavy atom. The standard InChI is InChI=1S/C16H21N3O2/c1-19(2)6-5-12-9-17-15-4-3-11(8-14(12)15)7-13-10-21-16(20)18-13/h3-4,8-9,13,17H,5-7,10H2,1-2H3,(H,18,20)/t13-/m0/s1/i6D2,7D2,9D,10D2/hD2. The molecule has 1 aromatic carbocycles. The number of aryl methyl sites for hydroxylation is 1. The number of nitrogens with zero attached hydrogens (tertiary/aromatic N) is 1. The van der Waals surface area contributed by atoms with Crippen LogP contribution < -0.4 is 5.31 Å². The Bertz CT molecular complexity index is 1010. The van der Waals surface area contributed by atoms with E-state index in [1.165, 1.54) is 37.2 Å². The third-order valence-electron chi connectivity index (χ3n) is 3.00. The second-order valence-corrected chi connectivity index (χ2v) is 4.83. The number of fused-ring (bicyclic) bond motifs is 1. The van der Waals surface area contributed by atoms with E-state index in [-0.39, 0.29) is 39.9 Å². The Hall–Kier alpha value is -2.01. The number of cyclic esters (lactones) is 1. The van der Waals surface area contributed by atoms with E-state index >= 15 is 0 Å². The van der Waals surface area contributed by atoms with E-state index in [2.05, 4.69) is 4.74 Å². The molecule has 1 aliphatic heterocycles. The number of hydrogen-bond donors (Lipinski definition) is 2. The highest BCUT2D eigenvalue weighted by Crippen LogP contribution is 2.21. The van der Waals surface area contributed by atoms with Crippen LogP contribution in [0.1, 0.15) is 20.7 Å². The fourth-order valence-electron chi connectivity index (χ4n) is 2.01. The monoisotopic (exact) mass is 296 g/mol. The van der Waals surface area contributed by atoms with E-state index in [9.17, 15) is 4.79 Å². The van der Waals surface area contributed by atoms with Gasteiger partial charge in [-0.2, -0.15) is 0 Å². The molecule has 5 nitrogen and oxygen atoms in total. The Morgan fingerprint density at radius 3 is 3.19 bits per heavy atom. The summed E-state index contributed by atoms with van der Waals surface area (Å²) >= 11 is 0. The number of benzene rings is 1. The van der Waals surface area contributed by atoms with Gasteiger partial charge in [0.25, 0.3) is 0 Å². The lowest BCUT2D eigenvalue weighted by molar-refractivity contribution is 0.177. The van der Waals surface area contributed by atoms with Gasteiger partial charge in [0.15, 0.2) is 2.82 Å². The van der Waals surface area contributed by atoms with E-state index in [0.29, 0.717) is 0 Å². The Balaban J connectivity index is 2.15. The van der Waals surface area contributed by atoms with Crippen LogP contribution in [0.5, 0.6) is 0 Å². The molecule has 0 saturated carbocycles. The number of likely N-dealkylation sites (N-methyl/N-ethyl adjacent to an activating group) is 1. The van der Waals surface area contributed by atoms with Gasteiger partial charge in [-0.25, -0.2) is 4.79 Å². The molecule has 0 radical (unpaired) electrons. The lowest BCUT2D eigenvalue weighted by Crippen LogP contribution is -2.28.